The standard InChI is InChI=1S/C20H18FN5O3S/c1-10-14(6-17(28)29)11(2)26-19(23-10)24-20(25-26)30-9-16(27)15-8-22-18-12(7-21)4-3-5-13(15)18/h3-5,8,22H,6-7,9H2,1-2H3,(H,28,29). The first kappa shape index (κ1) is 20.0. The lowest BCUT2D eigenvalue weighted by atomic mass is 10.1. The van der Waals surface area contributed by atoms with Gasteiger partial charge in [-0.15, -0.1) is 5.10 Å². The first-order valence-corrected chi connectivity index (χ1v) is 10.1. The molecule has 0 atom stereocenters. The van der Waals surface area contributed by atoms with E-state index in [-0.39, 0.29) is 18.0 Å². The van der Waals surface area contributed by atoms with E-state index in [1.54, 1.807) is 38.2 Å². The Labute approximate surface area is 174 Å². The van der Waals surface area contributed by atoms with Gasteiger partial charge in [-0.3, -0.25) is 9.59 Å². The van der Waals surface area contributed by atoms with Crippen LogP contribution in [0.3, 0.4) is 0 Å². The van der Waals surface area contributed by atoms with E-state index in [4.69, 9.17) is 5.11 Å². The second-order valence-electron chi connectivity index (χ2n) is 6.83. The number of para-hydroxylation sites is 1. The summed E-state index contributed by atoms with van der Waals surface area (Å²) in [6.45, 7) is 2.89. The molecule has 4 aromatic rings. The normalized spacial score (nSPS) is 11.4. The van der Waals surface area contributed by atoms with Gasteiger partial charge in [0, 0.05) is 39.7 Å². The largest absolute Gasteiger partial charge is 0.481 e. The number of carboxylic acid groups (broad SMARTS) is 1. The number of nitrogens with one attached hydrogen (secondary N) is 1. The van der Waals surface area contributed by atoms with Crippen molar-refractivity contribution in [2.24, 2.45) is 0 Å². The molecule has 0 aliphatic carbocycles. The fraction of sp³-hybridized carbons (Fsp3) is 0.250. The molecule has 0 aliphatic heterocycles. The van der Waals surface area contributed by atoms with Crippen molar-refractivity contribution < 1.29 is 19.1 Å². The number of benzene rings is 1. The van der Waals surface area contributed by atoms with E-state index in [0.717, 1.165) is 0 Å². The van der Waals surface area contributed by atoms with Crippen LogP contribution < -0.4 is 0 Å². The lowest BCUT2D eigenvalue weighted by molar-refractivity contribution is -0.136. The van der Waals surface area contributed by atoms with Crippen LogP contribution in [0.2, 0.25) is 0 Å². The van der Waals surface area contributed by atoms with Gasteiger partial charge in [0.05, 0.1) is 17.7 Å². The van der Waals surface area contributed by atoms with E-state index < -0.39 is 12.6 Å². The van der Waals surface area contributed by atoms with E-state index in [9.17, 15) is 14.0 Å². The number of carboxylic acids is 1. The number of thioether (sulfide) groups is 1. The predicted molar refractivity (Wildman–Crippen MR) is 110 cm³/mol. The van der Waals surface area contributed by atoms with Gasteiger partial charge in [-0.05, 0) is 13.8 Å². The molecule has 0 amide bonds. The zero-order valence-corrected chi connectivity index (χ0v) is 17.1. The number of ketones is 1. The maximum Gasteiger partial charge on any atom is 0.307 e. The Morgan fingerprint density at radius 3 is 2.80 bits per heavy atom. The smallest absolute Gasteiger partial charge is 0.307 e. The summed E-state index contributed by atoms with van der Waals surface area (Å²) in [5, 5.41) is 14.5. The Balaban J connectivity index is 1.57. The molecule has 0 fully saturated rings. The van der Waals surface area contributed by atoms with Crippen molar-refractivity contribution in [3.05, 3.63) is 52.5 Å². The Bertz CT molecular complexity index is 1300. The molecule has 8 nitrogen and oxygen atoms in total. The highest BCUT2D eigenvalue weighted by Crippen LogP contribution is 2.25. The van der Waals surface area contributed by atoms with Crippen LogP contribution in [0.1, 0.15) is 32.9 Å². The fourth-order valence-corrected chi connectivity index (χ4v) is 4.13. The molecule has 4 rings (SSSR count). The fourth-order valence-electron chi connectivity index (χ4n) is 3.43. The molecule has 0 aliphatic rings. The number of aromatic amines is 1. The second kappa shape index (κ2) is 7.86. The molecule has 154 valence electrons. The maximum atomic E-state index is 13.1. The van der Waals surface area contributed by atoms with Crippen LogP contribution in [0.5, 0.6) is 0 Å². The number of alkyl halides is 1. The molecule has 3 heterocycles. The Morgan fingerprint density at radius 2 is 2.07 bits per heavy atom. The summed E-state index contributed by atoms with van der Waals surface area (Å²) < 4.78 is 14.6. The molecule has 2 N–H and O–H groups in total. The summed E-state index contributed by atoms with van der Waals surface area (Å²) in [5.74, 6) is -0.622. The average molecular weight is 427 g/mol. The molecule has 10 heteroatoms. The third-order valence-corrected chi connectivity index (χ3v) is 5.77. The number of fused-ring (bicyclic) bond motifs is 2. The number of aliphatic carboxylic acids is 1. The van der Waals surface area contributed by atoms with Gasteiger partial charge in [0.2, 0.25) is 5.16 Å². The first-order chi connectivity index (χ1) is 14.4. The number of H-pyrrole nitrogens is 1. The van der Waals surface area contributed by atoms with Gasteiger partial charge in [-0.25, -0.2) is 13.9 Å². The molecule has 0 unspecified atom stereocenters. The Morgan fingerprint density at radius 1 is 1.27 bits per heavy atom. The Kier molecular flexibility index (Phi) is 5.25. The lowest BCUT2D eigenvalue weighted by Gasteiger charge is -2.07. The van der Waals surface area contributed by atoms with Gasteiger partial charge in [0.25, 0.3) is 5.78 Å². The van der Waals surface area contributed by atoms with Gasteiger partial charge in [-0.1, -0.05) is 30.0 Å². The third kappa shape index (κ3) is 3.54. The number of carbonyl (C=O) groups excluding carboxylic acids is 1. The zero-order valence-electron chi connectivity index (χ0n) is 16.3. The van der Waals surface area contributed by atoms with Crippen LogP contribution >= 0.6 is 11.8 Å². The zero-order chi connectivity index (χ0) is 21.4. The quantitative estimate of drug-likeness (QED) is 0.344. The molecule has 30 heavy (non-hydrogen) atoms. The summed E-state index contributed by atoms with van der Waals surface area (Å²) in [4.78, 5) is 35.5. The van der Waals surface area contributed by atoms with E-state index in [1.807, 2.05) is 0 Å². The van der Waals surface area contributed by atoms with Crippen molar-refractivity contribution in [3.8, 4) is 0 Å². The summed E-state index contributed by atoms with van der Waals surface area (Å²) in [6.07, 6.45) is 1.44. The first-order valence-electron chi connectivity index (χ1n) is 9.14. The number of aromatic nitrogens is 5. The van der Waals surface area contributed by atoms with Crippen molar-refractivity contribution >= 4 is 40.2 Å². The topological polar surface area (TPSA) is 113 Å². The minimum Gasteiger partial charge on any atom is -0.481 e. The molecule has 0 spiro atoms. The minimum atomic E-state index is -0.947. The molecule has 0 bridgehead atoms. The SMILES string of the molecule is Cc1nc2nc(SCC(=O)c3c[nH]c4c(CF)cccc34)nn2c(C)c1CC(=O)O. The van der Waals surface area contributed by atoms with E-state index in [1.165, 1.54) is 16.3 Å². The molecular weight excluding hydrogens is 409 g/mol. The number of nitrogens with zero attached hydrogens (tertiary/aromatic N) is 4. The number of aryl methyl sites for hydroxylation is 2. The predicted octanol–water partition coefficient (Wildman–Crippen LogP) is 3.29. The van der Waals surface area contributed by atoms with Gasteiger partial charge < -0.3 is 10.1 Å². The van der Waals surface area contributed by atoms with E-state index in [0.29, 0.717) is 49.9 Å². The Hall–Kier alpha value is -3.27. The van der Waals surface area contributed by atoms with Crippen LogP contribution in [-0.4, -0.2) is 47.2 Å². The highest BCUT2D eigenvalue weighted by Gasteiger charge is 2.18. The number of rotatable bonds is 7. The maximum absolute atomic E-state index is 13.1. The summed E-state index contributed by atoms with van der Waals surface area (Å²) >= 11 is 1.17. The monoisotopic (exact) mass is 427 g/mol. The lowest BCUT2D eigenvalue weighted by Crippen LogP contribution is -2.10. The molecule has 3 aromatic heterocycles. The van der Waals surface area contributed by atoms with Crippen molar-refractivity contribution in [1.29, 1.82) is 0 Å². The van der Waals surface area contributed by atoms with Crippen molar-refractivity contribution in [3.63, 3.8) is 0 Å². The van der Waals surface area contributed by atoms with Crippen LogP contribution in [0.4, 0.5) is 4.39 Å². The van der Waals surface area contributed by atoms with Crippen LogP contribution in [-0.2, 0) is 17.9 Å². The average Bonchev–Trinajstić information content (AvgIpc) is 3.33. The summed E-state index contributed by atoms with van der Waals surface area (Å²) in [5.41, 5.74) is 3.46. The number of hydrogen-bond donors (Lipinski definition) is 2. The number of carbonyl (C=O) groups is 2. The second-order valence-corrected chi connectivity index (χ2v) is 7.77. The van der Waals surface area contributed by atoms with E-state index >= 15 is 0 Å². The van der Waals surface area contributed by atoms with Crippen LogP contribution in [0.25, 0.3) is 16.7 Å². The minimum absolute atomic E-state index is 0.101. The van der Waals surface area contributed by atoms with Gasteiger partial charge >= 0.3 is 5.97 Å². The molecular formula is C20H18FN5O3S. The number of Topliss-reactive ketones (excluding diaryl/α,β-unsaturated/α-hetero) is 1. The van der Waals surface area contributed by atoms with Crippen molar-refractivity contribution in [2.75, 3.05) is 5.75 Å². The molecule has 1 aromatic carbocycles. The van der Waals surface area contributed by atoms with E-state index in [2.05, 4.69) is 20.1 Å². The highest BCUT2D eigenvalue weighted by molar-refractivity contribution is 7.99. The number of hydrogen-bond acceptors (Lipinski definition) is 6. The summed E-state index contributed by atoms with van der Waals surface area (Å²) in [7, 11) is 0. The van der Waals surface area contributed by atoms with Crippen molar-refractivity contribution in [1.82, 2.24) is 24.6 Å². The van der Waals surface area contributed by atoms with Gasteiger partial charge in [-0.2, -0.15) is 4.98 Å². The van der Waals surface area contributed by atoms with Crippen molar-refractivity contribution in [2.45, 2.75) is 32.1 Å². The van der Waals surface area contributed by atoms with Crippen LogP contribution in [0.15, 0.2) is 29.6 Å². The number of halogens is 1. The molecule has 0 radical (unpaired) electrons. The van der Waals surface area contributed by atoms with Gasteiger partial charge in [0.1, 0.15) is 6.67 Å². The molecule has 0 saturated carbocycles. The highest BCUT2D eigenvalue weighted by atomic mass is 32.2. The van der Waals surface area contributed by atoms with Gasteiger partial charge in [0.15, 0.2) is 5.78 Å². The third-order valence-electron chi connectivity index (χ3n) is 4.94. The summed E-state index contributed by atoms with van der Waals surface area (Å²) in [6, 6.07) is 5.19. The molecule has 0 saturated heterocycles. The van der Waals surface area contributed by atoms with Crippen LogP contribution in [0, 0.1) is 13.8 Å².